The Kier molecular flexibility index (Phi) is 27.7. The van der Waals surface area contributed by atoms with Crippen LogP contribution < -0.4 is 51.4 Å². The molecule has 0 aliphatic rings. The Bertz CT molecular complexity index is 466. The maximum atomic E-state index is 10.8. The summed E-state index contributed by atoms with van der Waals surface area (Å²) in [7, 11) is -4.60. The first kappa shape index (κ1) is 33.4. The molecule has 174 valence electrons. The zero-order valence-electron chi connectivity index (χ0n) is 20.2. The van der Waals surface area contributed by atoms with Crippen LogP contribution in [0.3, 0.4) is 0 Å². The molecule has 0 fully saturated rings. The fourth-order valence-corrected chi connectivity index (χ4v) is 3.97. The second kappa shape index (κ2) is 24.9. The van der Waals surface area contributed by atoms with Crippen LogP contribution >= 0.6 is 0 Å². The van der Waals surface area contributed by atoms with Crippen LogP contribution in [0.5, 0.6) is 0 Å². The molecule has 0 saturated carbocycles. The van der Waals surface area contributed by atoms with E-state index in [1.54, 1.807) is 0 Å². The van der Waals surface area contributed by atoms with Crippen molar-refractivity contribution in [1.29, 1.82) is 0 Å². The topological polar surface area (TPSA) is 66.4 Å². The summed E-state index contributed by atoms with van der Waals surface area (Å²) in [5, 5.41) is 0. The van der Waals surface area contributed by atoms with Crippen LogP contribution in [0.2, 0.25) is 0 Å². The van der Waals surface area contributed by atoms with Gasteiger partial charge in [-0.3, -0.25) is 4.18 Å². The summed E-state index contributed by atoms with van der Waals surface area (Å²) in [6.45, 7) is 4.45. The van der Waals surface area contributed by atoms with Crippen molar-refractivity contribution in [2.75, 3.05) is 6.61 Å². The van der Waals surface area contributed by atoms with E-state index in [9.17, 15) is 13.0 Å². The summed E-state index contributed by atoms with van der Waals surface area (Å²) in [5.74, 6) is 0.0212. The second-order valence-electron chi connectivity index (χ2n) is 8.41. The summed E-state index contributed by atoms with van der Waals surface area (Å²) in [5.41, 5.74) is 0. The van der Waals surface area contributed by atoms with Gasteiger partial charge in [-0.15, -0.1) is 0 Å². The molecule has 6 heteroatoms. The van der Waals surface area contributed by atoms with Crippen molar-refractivity contribution in [2.45, 2.75) is 129 Å². The maximum Gasteiger partial charge on any atom is 1.00 e. The van der Waals surface area contributed by atoms with Gasteiger partial charge in [-0.05, 0) is 19.3 Å². The van der Waals surface area contributed by atoms with Gasteiger partial charge in [-0.25, -0.2) is 8.42 Å². The predicted molar refractivity (Wildman–Crippen MR) is 123 cm³/mol. The van der Waals surface area contributed by atoms with Crippen LogP contribution in [0.25, 0.3) is 0 Å². The van der Waals surface area contributed by atoms with Gasteiger partial charge in [0.2, 0.25) is 10.4 Å². The van der Waals surface area contributed by atoms with Gasteiger partial charge < -0.3 is 4.55 Å². The molecule has 0 aliphatic carbocycles. The van der Waals surface area contributed by atoms with Gasteiger partial charge in [0, 0.05) is 5.92 Å². The molecule has 1 atom stereocenters. The summed E-state index contributed by atoms with van der Waals surface area (Å²) < 4.78 is 36.9. The molecule has 0 aromatic heterocycles. The average Bonchev–Trinajstić information content (AvgIpc) is 2.68. The number of allylic oxidation sites excluding steroid dienone is 1. The molecule has 0 aromatic carbocycles. The molecule has 0 N–H and O–H groups in total. The minimum atomic E-state index is -4.60. The van der Waals surface area contributed by atoms with E-state index < -0.39 is 10.4 Å². The predicted octanol–water partition coefficient (Wildman–Crippen LogP) is 4.70. The second-order valence-corrected chi connectivity index (χ2v) is 9.46. The van der Waals surface area contributed by atoms with Crippen LogP contribution in [-0.2, 0) is 14.6 Å². The first-order valence-corrected chi connectivity index (χ1v) is 13.6. The zero-order valence-corrected chi connectivity index (χ0v) is 24.1. The Morgan fingerprint density at radius 3 is 1.63 bits per heavy atom. The molecular formula is C24H47KO4S. The molecule has 0 aliphatic heterocycles. The largest absolute Gasteiger partial charge is 1.00 e. The van der Waals surface area contributed by atoms with Crippen molar-refractivity contribution in [3.63, 3.8) is 0 Å². The molecule has 4 nitrogen and oxygen atoms in total. The monoisotopic (exact) mass is 470 g/mol. The quantitative estimate of drug-likeness (QED) is 0.0756. The molecule has 0 rings (SSSR count). The molecule has 0 spiro atoms. The van der Waals surface area contributed by atoms with Gasteiger partial charge in [0.15, 0.2) is 0 Å². The first-order chi connectivity index (χ1) is 14.0. The molecule has 0 amide bonds. The molecule has 1 unspecified atom stereocenters. The Balaban J connectivity index is 0. The Morgan fingerprint density at radius 1 is 0.733 bits per heavy atom. The van der Waals surface area contributed by atoms with Gasteiger partial charge in [0.1, 0.15) is 0 Å². The van der Waals surface area contributed by atoms with E-state index >= 15 is 0 Å². The van der Waals surface area contributed by atoms with Crippen LogP contribution in [0.15, 0.2) is 12.2 Å². The van der Waals surface area contributed by atoms with E-state index in [4.69, 9.17) is 0 Å². The van der Waals surface area contributed by atoms with Gasteiger partial charge in [-0.2, -0.15) is 0 Å². The minimum Gasteiger partial charge on any atom is -0.726 e. The summed E-state index contributed by atoms with van der Waals surface area (Å²) in [6, 6.07) is 0. The van der Waals surface area contributed by atoms with Crippen molar-refractivity contribution in [2.24, 2.45) is 5.92 Å². The van der Waals surface area contributed by atoms with Crippen molar-refractivity contribution in [3.05, 3.63) is 12.2 Å². The van der Waals surface area contributed by atoms with Crippen molar-refractivity contribution >= 4 is 10.4 Å². The molecule has 0 saturated heterocycles. The van der Waals surface area contributed by atoms with Crippen molar-refractivity contribution in [1.82, 2.24) is 0 Å². The maximum absolute atomic E-state index is 10.8. The molecule has 0 heterocycles. The SMILES string of the molecule is CCCCCCCC/C=C/C(CCCCCCCCCCCC)COS(=O)(=O)[O-].[K+]. The van der Waals surface area contributed by atoms with E-state index in [0.29, 0.717) is 0 Å². The summed E-state index contributed by atoms with van der Waals surface area (Å²) >= 11 is 0. The van der Waals surface area contributed by atoms with Gasteiger partial charge in [0.25, 0.3) is 0 Å². The molecular weight excluding hydrogens is 423 g/mol. The van der Waals surface area contributed by atoms with E-state index in [0.717, 1.165) is 19.3 Å². The van der Waals surface area contributed by atoms with Gasteiger partial charge in [-0.1, -0.05) is 122 Å². The Morgan fingerprint density at radius 2 is 1.17 bits per heavy atom. The fraction of sp³-hybridized carbons (Fsp3) is 0.917. The van der Waals surface area contributed by atoms with E-state index in [1.165, 1.54) is 96.3 Å². The van der Waals surface area contributed by atoms with Gasteiger partial charge in [0.05, 0.1) is 6.61 Å². The third-order valence-corrected chi connectivity index (χ3v) is 5.91. The molecule has 0 bridgehead atoms. The van der Waals surface area contributed by atoms with Crippen molar-refractivity contribution in [3.8, 4) is 0 Å². The standard InChI is InChI=1S/C24H48O4S.K/c1-3-5-7-9-11-13-14-16-18-20-22-24(23-28-29(25,26)27)21-19-17-15-12-10-8-6-4-2;/h19,21,24H,3-18,20,22-23H2,1-2H3,(H,25,26,27);/q;+1/p-1/b21-19+;. The number of hydrogen-bond acceptors (Lipinski definition) is 4. The number of unbranched alkanes of at least 4 members (excludes halogenated alkanes) is 15. The molecule has 0 radical (unpaired) electrons. The molecule has 0 aromatic rings. The third-order valence-electron chi connectivity index (χ3n) is 5.49. The third kappa shape index (κ3) is 27.3. The summed E-state index contributed by atoms with van der Waals surface area (Å²) in [6.07, 6.45) is 26.5. The van der Waals surface area contributed by atoms with Gasteiger partial charge >= 0.3 is 51.4 Å². The average molecular weight is 471 g/mol. The number of rotatable bonds is 22. The fourth-order valence-electron chi connectivity index (χ4n) is 3.63. The Hall–Kier alpha value is 1.25. The van der Waals surface area contributed by atoms with Crippen LogP contribution in [0.4, 0.5) is 0 Å². The van der Waals surface area contributed by atoms with E-state index in [-0.39, 0.29) is 63.9 Å². The smallest absolute Gasteiger partial charge is 0.726 e. The molecule has 30 heavy (non-hydrogen) atoms. The van der Waals surface area contributed by atoms with E-state index in [1.807, 2.05) is 0 Å². The number of hydrogen-bond donors (Lipinski definition) is 0. The van der Waals surface area contributed by atoms with Crippen molar-refractivity contribution < 1.29 is 68.5 Å². The zero-order chi connectivity index (χ0) is 21.6. The van der Waals surface area contributed by atoms with Crippen LogP contribution in [0.1, 0.15) is 129 Å². The summed E-state index contributed by atoms with van der Waals surface area (Å²) in [4.78, 5) is 0. The van der Waals surface area contributed by atoms with E-state index in [2.05, 4.69) is 30.2 Å². The van der Waals surface area contributed by atoms with Crippen LogP contribution in [0, 0.1) is 5.92 Å². The first-order valence-electron chi connectivity index (χ1n) is 12.3. The minimum absolute atomic E-state index is 0. The van der Waals surface area contributed by atoms with Crippen LogP contribution in [-0.4, -0.2) is 19.6 Å². The normalized spacial score (nSPS) is 12.9. The Labute approximate surface area is 230 Å².